The van der Waals surface area contributed by atoms with E-state index in [1.54, 1.807) is 18.2 Å². The van der Waals surface area contributed by atoms with Crippen molar-refractivity contribution in [3.8, 4) is 5.75 Å². The lowest BCUT2D eigenvalue weighted by molar-refractivity contribution is -0.274. The maximum atomic E-state index is 15.2. The van der Waals surface area contributed by atoms with Crippen LogP contribution in [0.25, 0.3) is 10.8 Å². The van der Waals surface area contributed by atoms with Gasteiger partial charge in [0, 0.05) is 5.39 Å². The lowest BCUT2D eigenvalue weighted by atomic mass is 9.97. The first-order valence-corrected chi connectivity index (χ1v) is 12.5. The van der Waals surface area contributed by atoms with Crippen LogP contribution in [0.3, 0.4) is 0 Å². The summed E-state index contributed by atoms with van der Waals surface area (Å²) >= 11 is 0. The molecule has 0 aromatic heterocycles. The standard InChI is InChI=1S/C32H30F4O/c1-2-3-4-5-23-6-8-24(9-7-23)10-11-26-15-21-30-28(22-26)18-17-27(31(30)33)16-12-25-13-19-29(20-14-25)37-32(34,35)36/h2-3,6-9,13-15,17-22H,4-5,10-12,16H2,1H3/b3-2+. The minimum atomic E-state index is -4.72. The van der Waals surface area contributed by atoms with Crippen molar-refractivity contribution in [1.82, 2.24) is 0 Å². The van der Waals surface area contributed by atoms with Gasteiger partial charge < -0.3 is 4.74 Å². The first-order valence-electron chi connectivity index (χ1n) is 12.5. The minimum absolute atomic E-state index is 0.241. The average molecular weight is 507 g/mol. The maximum Gasteiger partial charge on any atom is 0.573 e. The predicted octanol–water partition coefficient (Wildman–Crippen LogP) is 8.96. The molecule has 0 saturated carbocycles. The van der Waals surface area contributed by atoms with Crippen molar-refractivity contribution in [3.05, 3.63) is 125 Å². The topological polar surface area (TPSA) is 9.23 Å². The van der Waals surface area contributed by atoms with Gasteiger partial charge in [0.2, 0.25) is 0 Å². The van der Waals surface area contributed by atoms with Gasteiger partial charge in [-0.15, -0.1) is 13.2 Å². The van der Waals surface area contributed by atoms with Gasteiger partial charge in [0.25, 0.3) is 0 Å². The van der Waals surface area contributed by atoms with E-state index in [9.17, 15) is 13.2 Å². The Kier molecular flexibility index (Phi) is 8.65. The van der Waals surface area contributed by atoms with E-state index in [1.807, 2.05) is 31.2 Å². The zero-order chi connectivity index (χ0) is 26.3. The lowest BCUT2D eigenvalue weighted by Gasteiger charge is -2.11. The van der Waals surface area contributed by atoms with Crippen LogP contribution in [0.15, 0.2) is 91.0 Å². The van der Waals surface area contributed by atoms with Crippen molar-refractivity contribution in [2.24, 2.45) is 0 Å². The number of ether oxygens (including phenoxy) is 1. The molecule has 0 aliphatic carbocycles. The van der Waals surface area contributed by atoms with E-state index in [2.05, 4.69) is 41.2 Å². The van der Waals surface area contributed by atoms with Crippen molar-refractivity contribution in [3.63, 3.8) is 0 Å². The molecule has 4 rings (SSSR count). The minimum Gasteiger partial charge on any atom is -0.406 e. The van der Waals surface area contributed by atoms with Gasteiger partial charge in [0.15, 0.2) is 0 Å². The highest BCUT2D eigenvalue weighted by Crippen LogP contribution is 2.26. The third-order valence-electron chi connectivity index (χ3n) is 6.50. The molecule has 0 N–H and O–H groups in total. The SMILES string of the molecule is C/C=C/CCc1ccc(CCc2ccc3c(F)c(CCc4ccc(OC(F)(F)F)cc4)ccc3c2)cc1. The first-order chi connectivity index (χ1) is 17.8. The Labute approximate surface area is 215 Å². The highest BCUT2D eigenvalue weighted by molar-refractivity contribution is 5.84. The third-order valence-corrected chi connectivity index (χ3v) is 6.50. The third kappa shape index (κ3) is 7.69. The number of halogens is 4. The number of hydrogen-bond donors (Lipinski definition) is 0. The predicted molar refractivity (Wildman–Crippen MR) is 141 cm³/mol. The number of benzene rings is 4. The summed E-state index contributed by atoms with van der Waals surface area (Å²) in [6.07, 6.45) is 4.41. The van der Waals surface area contributed by atoms with Crippen LogP contribution < -0.4 is 4.74 Å². The number of allylic oxidation sites excluding steroid dienone is 2. The maximum absolute atomic E-state index is 15.2. The summed E-state index contributed by atoms with van der Waals surface area (Å²) in [4.78, 5) is 0. The zero-order valence-corrected chi connectivity index (χ0v) is 20.8. The van der Waals surface area contributed by atoms with Gasteiger partial charge in [-0.2, -0.15) is 0 Å². The Morgan fingerprint density at radius 1 is 0.676 bits per heavy atom. The molecule has 37 heavy (non-hydrogen) atoms. The van der Waals surface area contributed by atoms with E-state index in [4.69, 9.17) is 0 Å². The van der Waals surface area contributed by atoms with Crippen LogP contribution in [0, 0.1) is 5.82 Å². The second kappa shape index (κ2) is 12.1. The van der Waals surface area contributed by atoms with Crippen LogP contribution in [0.1, 0.15) is 41.2 Å². The molecule has 0 aliphatic heterocycles. The van der Waals surface area contributed by atoms with E-state index in [0.717, 1.165) is 42.2 Å². The summed E-state index contributed by atoms with van der Waals surface area (Å²) < 4.78 is 56.1. The lowest BCUT2D eigenvalue weighted by Crippen LogP contribution is -2.17. The molecular formula is C32H30F4O. The Bertz CT molecular complexity index is 1340. The smallest absolute Gasteiger partial charge is 0.406 e. The summed E-state index contributed by atoms with van der Waals surface area (Å²) in [5.74, 6) is -0.504. The highest BCUT2D eigenvalue weighted by atomic mass is 19.4. The normalized spacial score (nSPS) is 11.9. The van der Waals surface area contributed by atoms with E-state index < -0.39 is 6.36 Å². The Hall–Kier alpha value is -3.60. The average Bonchev–Trinajstić information content (AvgIpc) is 2.88. The molecule has 0 unspecified atom stereocenters. The molecule has 4 aromatic rings. The van der Waals surface area contributed by atoms with Gasteiger partial charge in [-0.05, 0) is 90.8 Å². The molecule has 0 spiro atoms. The fourth-order valence-corrected chi connectivity index (χ4v) is 4.45. The van der Waals surface area contributed by atoms with E-state index in [0.29, 0.717) is 23.8 Å². The highest BCUT2D eigenvalue weighted by Gasteiger charge is 2.30. The number of hydrogen-bond acceptors (Lipinski definition) is 1. The second-order valence-corrected chi connectivity index (χ2v) is 9.21. The Morgan fingerprint density at radius 2 is 1.24 bits per heavy atom. The molecule has 1 nitrogen and oxygen atoms in total. The number of alkyl halides is 3. The van der Waals surface area contributed by atoms with Crippen LogP contribution in [-0.2, 0) is 32.1 Å². The van der Waals surface area contributed by atoms with Crippen molar-refractivity contribution in [2.75, 3.05) is 0 Å². The summed E-state index contributed by atoms with van der Waals surface area (Å²) in [5.41, 5.74) is 5.19. The molecule has 4 aromatic carbocycles. The number of aryl methyl sites for hydroxylation is 5. The zero-order valence-electron chi connectivity index (χ0n) is 20.8. The number of rotatable bonds is 10. The van der Waals surface area contributed by atoms with Crippen LogP contribution in [-0.4, -0.2) is 6.36 Å². The Morgan fingerprint density at radius 3 is 1.89 bits per heavy atom. The van der Waals surface area contributed by atoms with Crippen LogP contribution in [0.4, 0.5) is 17.6 Å². The summed E-state index contributed by atoms with van der Waals surface area (Å²) in [7, 11) is 0. The molecule has 5 heteroatoms. The molecule has 0 fully saturated rings. The van der Waals surface area contributed by atoms with Gasteiger partial charge in [0.05, 0.1) is 0 Å². The molecular weight excluding hydrogens is 476 g/mol. The van der Waals surface area contributed by atoms with Crippen LogP contribution in [0.2, 0.25) is 0 Å². The Balaban J connectivity index is 1.35. The first kappa shape index (κ1) is 26.5. The van der Waals surface area contributed by atoms with Crippen molar-refractivity contribution in [1.29, 1.82) is 0 Å². The largest absolute Gasteiger partial charge is 0.573 e. The molecule has 0 saturated heterocycles. The van der Waals surface area contributed by atoms with Gasteiger partial charge in [-0.3, -0.25) is 0 Å². The fourth-order valence-electron chi connectivity index (χ4n) is 4.45. The van der Waals surface area contributed by atoms with Crippen molar-refractivity contribution >= 4 is 10.8 Å². The van der Waals surface area contributed by atoms with Crippen LogP contribution >= 0.6 is 0 Å². The summed E-state index contributed by atoms with van der Waals surface area (Å²) in [6.45, 7) is 2.04. The van der Waals surface area contributed by atoms with E-state index >= 15 is 4.39 Å². The van der Waals surface area contributed by atoms with Gasteiger partial charge in [-0.25, -0.2) is 4.39 Å². The summed E-state index contributed by atoms with van der Waals surface area (Å²) in [6, 6.07) is 24.1. The van der Waals surface area contributed by atoms with E-state index in [-0.39, 0.29) is 11.6 Å². The quantitative estimate of drug-likeness (QED) is 0.154. The van der Waals surface area contributed by atoms with Crippen molar-refractivity contribution in [2.45, 2.75) is 51.8 Å². The molecule has 192 valence electrons. The molecule has 0 amide bonds. The van der Waals surface area contributed by atoms with Crippen molar-refractivity contribution < 1.29 is 22.3 Å². The molecule has 0 atom stereocenters. The molecule has 0 bridgehead atoms. The number of fused-ring (bicyclic) bond motifs is 1. The summed E-state index contributed by atoms with van der Waals surface area (Å²) in [5, 5.41) is 1.45. The van der Waals surface area contributed by atoms with E-state index in [1.165, 1.54) is 23.3 Å². The van der Waals surface area contributed by atoms with Gasteiger partial charge >= 0.3 is 6.36 Å². The monoisotopic (exact) mass is 506 g/mol. The molecule has 0 heterocycles. The van der Waals surface area contributed by atoms with Crippen LogP contribution in [0.5, 0.6) is 5.75 Å². The molecule has 0 aliphatic rings. The fraction of sp³-hybridized carbons (Fsp3) is 0.250. The van der Waals surface area contributed by atoms with Gasteiger partial charge in [-0.1, -0.05) is 78.9 Å². The second-order valence-electron chi connectivity index (χ2n) is 9.21. The van der Waals surface area contributed by atoms with Gasteiger partial charge in [0.1, 0.15) is 11.6 Å². The molecule has 0 radical (unpaired) electrons.